The molecule has 1 unspecified atom stereocenters. The van der Waals surface area contributed by atoms with Gasteiger partial charge >= 0.3 is 5.97 Å². The van der Waals surface area contributed by atoms with E-state index in [4.69, 9.17) is 45.2 Å². The summed E-state index contributed by atoms with van der Waals surface area (Å²) in [5.41, 5.74) is -0.213. The summed E-state index contributed by atoms with van der Waals surface area (Å²) in [7, 11) is 0. The molecule has 1 saturated heterocycles. The van der Waals surface area contributed by atoms with Crippen molar-refractivity contribution in [1.29, 1.82) is 5.26 Å². The van der Waals surface area contributed by atoms with Crippen molar-refractivity contribution in [3.05, 3.63) is 74.6 Å². The Morgan fingerprint density at radius 3 is 2.33 bits per heavy atom. The number of benzene rings is 1. The molecule has 2 aromatic heterocycles. The Morgan fingerprint density at radius 2 is 1.78 bits per heavy atom. The second kappa shape index (κ2) is 12.2. The minimum Gasteiger partial charge on any atom is -0.476 e. The van der Waals surface area contributed by atoms with Gasteiger partial charge in [-0.3, -0.25) is 0 Å². The molecule has 1 aromatic carbocycles. The fourth-order valence-electron chi connectivity index (χ4n) is 3.46. The van der Waals surface area contributed by atoms with Crippen molar-refractivity contribution >= 4 is 46.6 Å². The van der Waals surface area contributed by atoms with Gasteiger partial charge < -0.3 is 10.0 Å². The number of aromatic nitrogens is 4. The third kappa shape index (κ3) is 6.72. The summed E-state index contributed by atoms with van der Waals surface area (Å²) in [5.74, 6) is -2.70. The van der Waals surface area contributed by atoms with Crippen LogP contribution >= 0.6 is 34.8 Å². The molecular formula is C22H16Cl3F3N6O2. The van der Waals surface area contributed by atoms with E-state index in [0.29, 0.717) is 37.8 Å². The standard InChI is InChI=1S/C17H14ClF3N4.C5H2Cl2N2O2/c18-16-17(23-9-12(8-22)24-16)25-5-3-10(4-6-25)15(21)13-2-1-11(19)7-14(13)20;6-3-4(7)9-2(1-8-3)5(10)11/h1-2,7,9-10,15H,3-6H2;1H,(H,10,11). The predicted octanol–water partition coefficient (Wildman–Crippen LogP) is 5.69. The smallest absolute Gasteiger partial charge is 0.356 e. The Morgan fingerprint density at radius 1 is 1.08 bits per heavy atom. The van der Waals surface area contributed by atoms with Crippen LogP contribution in [0.25, 0.3) is 0 Å². The van der Waals surface area contributed by atoms with Gasteiger partial charge in [-0.25, -0.2) is 37.9 Å². The fourth-order valence-corrected chi connectivity index (χ4v) is 3.95. The molecule has 1 aliphatic heterocycles. The molecule has 3 heterocycles. The molecule has 0 spiro atoms. The van der Waals surface area contributed by atoms with Crippen LogP contribution in [-0.2, 0) is 0 Å². The summed E-state index contributed by atoms with van der Waals surface area (Å²) in [6.45, 7) is 0.961. The van der Waals surface area contributed by atoms with Crippen LogP contribution < -0.4 is 4.90 Å². The molecule has 0 radical (unpaired) electrons. The summed E-state index contributed by atoms with van der Waals surface area (Å²) in [5, 5.41) is 17.2. The lowest BCUT2D eigenvalue weighted by Crippen LogP contribution is -2.36. The number of carboxylic acids is 1. The number of hydrogen-bond acceptors (Lipinski definition) is 7. The molecule has 1 atom stereocenters. The molecule has 1 N–H and O–H groups in total. The highest BCUT2D eigenvalue weighted by atomic mass is 35.5. The van der Waals surface area contributed by atoms with E-state index in [-0.39, 0.29) is 38.3 Å². The Labute approximate surface area is 218 Å². The Hall–Kier alpha value is -3.20. The number of halogens is 6. The van der Waals surface area contributed by atoms with Crippen molar-refractivity contribution in [1.82, 2.24) is 19.9 Å². The zero-order chi connectivity index (χ0) is 26.4. The molecular weight excluding hydrogens is 544 g/mol. The van der Waals surface area contributed by atoms with Gasteiger partial charge in [-0.1, -0.05) is 40.9 Å². The van der Waals surface area contributed by atoms with Crippen LogP contribution in [0.1, 0.15) is 40.8 Å². The van der Waals surface area contributed by atoms with Gasteiger partial charge in [-0.05, 0) is 24.8 Å². The van der Waals surface area contributed by atoms with E-state index in [0.717, 1.165) is 18.3 Å². The third-order valence-electron chi connectivity index (χ3n) is 5.25. The van der Waals surface area contributed by atoms with E-state index < -0.39 is 23.8 Å². The number of rotatable bonds is 4. The second-order valence-corrected chi connectivity index (χ2v) is 8.59. The van der Waals surface area contributed by atoms with Gasteiger partial charge in [-0.2, -0.15) is 5.26 Å². The van der Waals surface area contributed by atoms with Crippen molar-refractivity contribution in [2.24, 2.45) is 5.92 Å². The van der Waals surface area contributed by atoms with E-state index in [9.17, 15) is 18.0 Å². The zero-order valence-electron chi connectivity index (χ0n) is 18.2. The number of nitrogens with zero attached hydrogens (tertiary/aromatic N) is 6. The molecule has 0 bridgehead atoms. The maximum atomic E-state index is 14.6. The lowest BCUT2D eigenvalue weighted by atomic mass is 9.88. The number of anilines is 1. The lowest BCUT2D eigenvalue weighted by Gasteiger charge is -2.34. The Balaban J connectivity index is 0.000000275. The molecule has 0 amide bonds. The van der Waals surface area contributed by atoms with Crippen molar-refractivity contribution in [3.8, 4) is 6.07 Å². The number of hydrogen-bond donors (Lipinski definition) is 1. The first-order valence-electron chi connectivity index (χ1n) is 10.3. The minimum absolute atomic E-state index is 0.00309. The molecule has 4 rings (SSSR count). The van der Waals surface area contributed by atoms with E-state index in [1.807, 2.05) is 11.0 Å². The molecule has 1 aliphatic rings. The van der Waals surface area contributed by atoms with Crippen molar-refractivity contribution < 1.29 is 23.1 Å². The summed E-state index contributed by atoms with van der Waals surface area (Å²) < 4.78 is 41.4. The topological polar surface area (TPSA) is 116 Å². The van der Waals surface area contributed by atoms with Crippen LogP contribution in [0.5, 0.6) is 0 Å². The van der Waals surface area contributed by atoms with E-state index in [1.54, 1.807) is 0 Å². The monoisotopic (exact) mass is 558 g/mol. The van der Waals surface area contributed by atoms with Crippen molar-refractivity contribution in [3.63, 3.8) is 0 Å². The van der Waals surface area contributed by atoms with Gasteiger partial charge in [0.25, 0.3) is 0 Å². The number of piperidine rings is 1. The summed E-state index contributed by atoms with van der Waals surface area (Å²) in [4.78, 5) is 27.1. The average molecular weight is 560 g/mol. The Kier molecular flexibility index (Phi) is 9.25. The van der Waals surface area contributed by atoms with Gasteiger partial charge in [0.1, 0.15) is 23.9 Å². The quantitative estimate of drug-likeness (QED) is 0.433. The van der Waals surface area contributed by atoms with Crippen LogP contribution in [0.4, 0.5) is 19.0 Å². The van der Waals surface area contributed by atoms with Gasteiger partial charge in [0.15, 0.2) is 32.7 Å². The van der Waals surface area contributed by atoms with E-state index in [1.165, 1.54) is 6.20 Å². The highest BCUT2D eigenvalue weighted by Crippen LogP contribution is 2.36. The number of carbonyl (C=O) groups is 1. The third-order valence-corrected chi connectivity index (χ3v) is 6.14. The van der Waals surface area contributed by atoms with Crippen molar-refractivity contribution in [2.75, 3.05) is 18.0 Å². The molecule has 1 fully saturated rings. The minimum atomic E-state index is -1.50. The summed E-state index contributed by atoms with van der Waals surface area (Å²) >= 11 is 16.8. The number of nitriles is 1. The van der Waals surface area contributed by atoms with E-state index in [2.05, 4.69) is 19.9 Å². The van der Waals surface area contributed by atoms with Crippen LogP contribution in [-0.4, -0.2) is 44.1 Å². The molecule has 3 aromatic rings. The first-order valence-corrected chi connectivity index (χ1v) is 11.4. The molecule has 0 saturated carbocycles. The SMILES string of the molecule is N#Cc1cnc(N2CCC(C(F)c3ccc(F)cc3F)CC2)c(Cl)n1.O=C(O)c1cnc(Cl)c(Cl)n1. The van der Waals surface area contributed by atoms with Gasteiger partial charge in [-0.15, -0.1) is 0 Å². The maximum absolute atomic E-state index is 14.6. The van der Waals surface area contributed by atoms with Gasteiger partial charge in [0, 0.05) is 24.7 Å². The van der Waals surface area contributed by atoms with Crippen LogP contribution in [0.2, 0.25) is 15.5 Å². The highest BCUT2D eigenvalue weighted by Gasteiger charge is 2.30. The molecule has 8 nitrogen and oxygen atoms in total. The highest BCUT2D eigenvalue weighted by molar-refractivity contribution is 6.40. The molecule has 36 heavy (non-hydrogen) atoms. The van der Waals surface area contributed by atoms with Crippen LogP contribution in [0, 0.1) is 28.9 Å². The molecule has 188 valence electrons. The maximum Gasteiger partial charge on any atom is 0.356 e. The second-order valence-electron chi connectivity index (χ2n) is 7.52. The van der Waals surface area contributed by atoms with E-state index >= 15 is 0 Å². The number of alkyl halides is 1. The van der Waals surface area contributed by atoms with Gasteiger partial charge in [0.05, 0.1) is 12.4 Å². The fraction of sp³-hybridized carbons (Fsp3) is 0.273. The largest absolute Gasteiger partial charge is 0.476 e. The molecule has 0 aliphatic carbocycles. The van der Waals surface area contributed by atoms with Crippen molar-refractivity contribution in [2.45, 2.75) is 19.0 Å². The first-order chi connectivity index (χ1) is 17.1. The predicted molar refractivity (Wildman–Crippen MR) is 126 cm³/mol. The molecule has 14 heteroatoms. The van der Waals surface area contributed by atoms with Crippen LogP contribution in [0.3, 0.4) is 0 Å². The number of carboxylic acid groups (broad SMARTS) is 1. The average Bonchev–Trinajstić information content (AvgIpc) is 2.85. The number of aromatic carboxylic acids is 1. The summed E-state index contributed by atoms with van der Waals surface area (Å²) in [6, 6.07) is 4.78. The lowest BCUT2D eigenvalue weighted by molar-refractivity contribution is 0.0690. The normalized spacial score (nSPS) is 14.4. The summed E-state index contributed by atoms with van der Waals surface area (Å²) in [6.07, 6.45) is 1.81. The van der Waals surface area contributed by atoms with Gasteiger partial charge in [0.2, 0.25) is 0 Å². The van der Waals surface area contributed by atoms with Crippen LogP contribution in [0.15, 0.2) is 30.6 Å². The first kappa shape index (κ1) is 27.4. The zero-order valence-corrected chi connectivity index (χ0v) is 20.4. The Bertz CT molecular complexity index is 1300.